The molecule has 0 aliphatic carbocycles. The first-order valence-electron chi connectivity index (χ1n) is 28.2. The van der Waals surface area contributed by atoms with Crippen molar-refractivity contribution in [3.05, 3.63) is 107 Å². The molecule has 4 amide bonds. The van der Waals surface area contributed by atoms with Gasteiger partial charge in [0.25, 0.3) is 0 Å². The molecule has 16 heteroatoms. The maximum Gasteiger partial charge on any atom is 0.407 e. The first-order valence-corrected chi connectivity index (χ1v) is 28.2. The van der Waals surface area contributed by atoms with Gasteiger partial charge in [-0.2, -0.15) is 5.26 Å². The lowest BCUT2D eigenvalue weighted by Crippen LogP contribution is -2.43. The van der Waals surface area contributed by atoms with Crippen molar-refractivity contribution < 1.29 is 52.5 Å². The van der Waals surface area contributed by atoms with Crippen molar-refractivity contribution in [1.82, 2.24) is 20.9 Å². The van der Waals surface area contributed by atoms with E-state index in [1.54, 1.807) is 84.9 Å². The molecule has 0 spiro atoms. The second-order valence-corrected chi connectivity index (χ2v) is 22.7. The number of nitrogens with one attached hydrogen (secondary N) is 3. The fourth-order valence-electron chi connectivity index (χ4n) is 9.45. The molecule has 0 saturated carbocycles. The molecular formula is C64H83N5O11. The molecule has 430 valence electrons. The monoisotopic (exact) mass is 1100 g/mol. The van der Waals surface area contributed by atoms with Crippen LogP contribution in [0.5, 0.6) is 11.5 Å². The van der Waals surface area contributed by atoms with E-state index in [2.05, 4.69) is 47.1 Å². The molecule has 4 aromatic rings. The summed E-state index contributed by atoms with van der Waals surface area (Å²) in [6.07, 6.45) is 2.92. The maximum atomic E-state index is 15.3. The predicted molar refractivity (Wildman–Crippen MR) is 308 cm³/mol. The Bertz CT molecular complexity index is 2810. The molecule has 1 heterocycles. The Kier molecular flexibility index (Phi) is 23.9. The van der Waals surface area contributed by atoms with Crippen LogP contribution in [0, 0.1) is 23.2 Å². The Morgan fingerprint density at radius 3 is 1.96 bits per heavy atom. The van der Waals surface area contributed by atoms with Crippen LogP contribution in [0.2, 0.25) is 0 Å². The van der Waals surface area contributed by atoms with Crippen LogP contribution in [0.4, 0.5) is 9.59 Å². The molecule has 4 aromatic carbocycles. The van der Waals surface area contributed by atoms with Gasteiger partial charge in [0.2, 0.25) is 11.8 Å². The predicted octanol–water partition coefficient (Wildman–Crippen LogP) is 11.6. The Morgan fingerprint density at radius 2 is 1.35 bits per heavy atom. The smallest absolute Gasteiger partial charge is 0.407 e. The standard InChI is InChI=1S/C64H83N5O11/c1-11-13-15-43-17-20-45(21-18-43)46-22-24-47(25-23-46)54(71)41-49(16-14-33-66-61(75)79-63(4,5)6)60(74)69(10)58-48-26-30-57(77-35-12-2)53(40-48)52-39-44(19-29-56(52)78-36-34-67-62(76)80-64(7,8)9)38-50(27-28-51(70)31-32-65)68-59(73)42(3)37-55(58)72/h17-26,29-30,39-40,42,49-50,58H,11-16,27-28,31,33-38,41H2,1-10H3,(H,66,75)(H,67,76)(H,68,73)/t42-,49-,50-,58+/m1/s1. The van der Waals surface area contributed by atoms with Gasteiger partial charge in [0.05, 0.1) is 25.6 Å². The van der Waals surface area contributed by atoms with Gasteiger partial charge in [-0.25, -0.2) is 9.59 Å². The van der Waals surface area contributed by atoms with E-state index >= 15 is 9.59 Å². The number of amides is 4. The molecule has 0 radical (unpaired) electrons. The third-order valence-corrected chi connectivity index (χ3v) is 13.5. The first-order chi connectivity index (χ1) is 38.0. The highest BCUT2D eigenvalue weighted by molar-refractivity contribution is 6.00. The minimum Gasteiger partial charge on any atom is -0.493 e. The fourth-order valence-corrected chi connectivity index (χ4v) is 9.45. The molecule has 16 nitrogen and oxygen atoms in total. The number of likely N-dealkylation sites (N-methyl/N-ethyl adjacent to an activating group) is 1. The number of alkyl carbamates (subject to hydrolysis) is 2. The number of carbonyl (C=O) groups is 7. The highest BCUT2D eigenvalue weighted by atomic mass is 16.6. The van der Waals surface area contributed by atoms with E-state index in [4.69, 9.17) is 18.9 Å². The van der Waals surface area contributed by atoms with E-state index in [0.29, 0.717) is 53.2 Å². The largest absolute Gasteiger partial charge is 0.493 e. The Balaban J connectivity index is 1.57. The lowest BCUT2D eigenvalue weighted by atomic mass is 9.88. The number of ether oxygens (including phenoxy) is 4. The van der Waals surface area contributed by atoms with Gasteiger partial charge in [-0.15, -0.1) is 0 Å². The topological polar surface area (TPSA) is 220 Å². The van der Waals surface area contributed by atoms with Crippen molar-refractivity contribution >= 4 is 41.4 Å². The van der Waals surface area contributed by atoms with E-state index in [1.807, 2.05) is 37.3 Å². The zero-order valence-electron chi connectivity index (χ0n) is 48.6. The quantitative estimate of drug-likeness (QED) is 0.0441. The second kappa shape index (κ2) is 30.2. The number of unbranched alkanes of at least 4 members (excludes halogenated alkanes) is 1. The van der Waals surface area contributed by atoms with Gasteiger partial charge < -0.3 is 39.8 Å². The SMILES string of the molecule is CCCCc1ccc(-c2ccc(C(=O)C[C@@H](CCCNC(=O)OC(C)(C)C)C(=O)N(C)[C@@H]3C(=O)C[C@@H](C)C(=O)N[C@H](CCC(=O)CC#N)Cc4ccc(OCCNC(=O)OC(C)(C)C)c(c4)-c4cc3ccc4OCCC)cc2)cc1. The molecule has 4 atom stereocenters. The molecule has 0 unspecified atom stereocenters. The van der Waals surface area contributed by atoms with E-state index in [-0.39, 0.29) is 76.2 Å². The second-order valence-electron chi connectivity index (χ2n) is 22.7. The summed E-state index contributed by atoms with van der Waals surface area (Å²) in [7, 11) is 1.53. The molecule has 0 saturated heterocycles. The Labute approximate surface area is 473 Å². The number of Topliss-reactive ketones (excluding diaryl/α,β-unsaturated/α-hetero) is 3. The minimum atomic E-state index is -1.27. The summed E-state index contributed by atoms with van der Waals surface area (Å²) in [4.78, 5) is 98.2. The number of rotatable bonds is 24. The summed E-state index contributed by atoms with van der Waals surface area (Å²) in [5.74, 6) is -2.88. The van der Waals surface area contributed by atoms with E-state index < -0.39 is 64.9 Å². The molecule has 80 heavy (non-hydrogen) atoms. The van der Waals surface area contributed by atoms with Crippen LogP contribution in [0.25, 0.3) is 22.3 Å². The highest BCUT2D eigenvalue weighted by Crippen LogP contribution is 2.41. The van der Waals surface area contributed by atoms with Gasteiger partial charge >= 0.3 is 12.2 Å². The van der Waals surface area contributed by atoms with Crippen LogP contribution in [0.1, 0.15) is 160 Å². The van der Waals surface area contributed by atoms with Crippen molar-refractivity contribution in [2.24, 2.45) is 11.8 Å². The number of nitrogens with zero attached hydrogens (tertiary/aromatic N) is 2. The Hall–Kier alpha value is -7.54. The van der Waals surface area contributed by atoms with Crippen molar-refractivity contribution in [3.8, 4) is 39.8 Å². The third-order valence-electron chi connectivity index (χ3n) is 13.5. The van der Waals surface area contributed by atoms with Gasteiger partial charge in [-0.1, -0.05) is 87.9 Å². The van der Waals surface area contributed by atoms with Crippen LogP contribution < -0.4 is 25.4 Å². The van der Waals surface area contributed by atoms with E-state index in [0.717, 1.165) is 36.0 Å². The molecule has 3 N–H and O–H groups in total. The average Bonchev–Trinajstić information content (AvgIpc) is 3.41. The number of nitriles is 1. The number of carbonyl (C=O) groups excluding carboxylic acids is 7. The molecular weight excluding hydrogens is 1010 g/mol. The van der Waals surface area contributed by atoms with Gasteiger partial charge in [0.1, 0.15) is 41.1 Å². The van der Waals surface area contributed by atoms with Crippen LogP contribution in [0.3, 0.4) is 0 Å². The third kappa shape index (κ3) is 20.0. The Morgan fingerprint density at radius 1 is 0.750 bits per heavy atom. The average molecular weight is 1100 g/mol. The zero-order valence-corrected chi connectivity index (χ0v) is 48.6. The molecule has 0 fully saturated rings. The summed E-state index contributed by atoms with van der Waals surface area (Å²) in [6.45, 7) is 17.0. The summed E-state index contributed by atoms with van der Waals surface area (Å²) in [5, 5.41) is 17.8. The van der Waals surface area contributed by atoms with E-state index in [1.165, 1.54) is 17.5 Å². The van der Waals surface area contributed by atoms with Crippen LogP contribution in [0.15, 0.2) is 84.9 Å². The minimum absolute atomic E-state index is 0.0379. The van der Waals surface area contributed by atoms with Crippen LogP contribution >= 0.6 is 0 Å². The summed E-state index contributed by atoms with van der Waals surface area (Å²) < 4.78 is 23.6. The zero-order chi connectivity index (χ0) is 58.6. The lowest BCUT2D eigenvalue weighted by Gasteiger charge is -2.32. The first kappa shape index (κ1) is 63.3. The van der Waals surface area contributed by atoms with Gasteiger partial charge in [-0.3, -0.25) is 24.0 Å². The van der Waals surface area contributed by atoms with Crippen molar-refractivity contribution in [3.63, 3.8) is 0 Å². The van der Waals surface area contributed by atoms with Crippen molar-refractivity contribution in [2.75, 3.05) is 33.4 Å². The van der Waals surface area contributed by atoms with Crippen LogP contribution in [-0.4, -0.2) is 96.8 Å². The fraction of sp³-hybridized carbons (Fsp3) is 0.500. The number of fused-ring (bicyclic) bond motifs is 5. The van der Waals surface area contributed by atoms with Crippen molar-refractivity contribution in [1.29, 1.82) is 5.26 Å². The number of benzene rings is 4. The number of aryl methyl sites for hydroxylation is 1. The van der Waals surface area contributed by atoms with Gasteiger partial charge in [0.15, 0.2) is 11.6 Å². The highest BCUT2D eigenvalue weighted by Gasteiger charge is 2.36. The summed E-state index contributed by atoms with van der Waals surface area (Å²) in [5.41, 5.74) is 4.46. The molecule has 5 rings (SSSR count). The summed E-state index contributed by atoms with van der Waals surface area (Å²) >= 11 is 0. The van der Waals surface area contributed by atoms with Gasteiger partial charge in [-0.05, 0) is 139 Å². The normalized spacial score (nSPS) is 15.9. The van der Waals surface area contributed by atoms with Gasteiger partial charge in [0, 0.05) is 67.4 Å². The number of hydrogen-bond acceptors (Lipinski definition) is 12. The molecule has 4 bridgehead atoms. The summed E-state index contributed by atoms with van der Waals surface area (Å²) in [6, 6.07) is 26.5. The maximum absolute atomic E-state index is 15.3. The van der Waals surface area contributed by atoms with Crippen molar-refractivity contribution in [2.45, 2.75) is 163 Å². The molecule has 1 aliphatic heterocycles. The molecule has 0 aromatic heterocycles. The van der Waals surface area contributed by atoms with Crippen LogP contribution in [-0.2, 0) is 41.5 Å². The molecule has 1 aliphatic rings. The number of hydrogen-bond donors (Lipinski definition) is 3. The van der Waals surface area contributed by atoms with E-state index in [9.17, 15) is 29.2 Å². The number of ketones is 3. The lowest BCUT2D eigenvalue weighted by molar-refractivity contribution is -0.142.